The number of oxime groups is 1. The standard InChI is InChI=1S/C15H28N4O4.CH4/c1-11(7-8-13(20)17-16)18-22-10-12-6-5-9-19(12)14(21)23-15(2,3)4;/h12H,5-10,16H2,1-4H3,(H,17,20);1H4/b18-11-;. The van der Waals surface area contributed by atoms with Gasteiger partial charge in [0.05, 0.1) is 11.8 Å². The van der Waals surface area contributed by atoms with Gasteiger partial charge in [0.15, 0.2) is 0 Å². The van der Waals surface area contributed by atoms with E-state index >= 15 is 0 Å². The van der Waals surface area contributed by atoms with Gasteiger partial charge >= 0.3 is 6.09 Å². The fourth-order valence-corrected chi connectivity index (χ4v) is 2.22. The molecule has 1 heterocycles. The number of carbonyl (C=O) groups excluding carboxylic acids is 2. The quantitative estimate of drug-likeness (QED) is 0.332. The van der Waals surface area contributed by atoms with Crippen molar-refractivity contribution in [3.05, 3.63) is 0 Å². The minimum Gasteiger partial charge on any atom is -0.444 e. The molecular formula is C16H32N4O4. The number of carbonyl (C=O) groups is 2. The molecule has 1 fully saturated rings. The van der Waals surface area contributed by atoms with E-state index in [4.69, 9.17) is 15.4 Å². The molecule has 1 aliphatic heterocycles. The Bertz CT molecular complexity index is 446. The van der Waals surface area contributed by atoms with Crippen molar-refractivity contribution in [2.45, 2.75) is 72.4 Å². The summed E-state index contributed by atoms with van der Waals surface area (Å²) in [4.78, 5) is 30.2. The number of rotatable bonds is 6. The largest absolute Gasteiger partial charge is 0.444 e. The van der Waals surface area contributed by atoms with Crippen molar-refractivity contribution in [1.29, 1.82) is 0 Å². The molecule has 0 saturated carbocycles. The van der Waals surface area contributed by atoms with Crippen LogP contribution in [-0.4, -0.2) is 47.4 Å². The Labute approximate surface area is 144 Å². The summed E-state index contributed by atoms with van der Waals surface area (Å²) < 4.78 is 5.40. The average molecular weight is 344 g/mol. The van der Waals surface area contributed by atoms with Gasteiger partial charge in [0.25, 0.3) is 0 Å². The zero-order valence-electron chi connectivity index (χ0n) is 14.4. The summed E-state index contributed by atoms with van der Waals surface area (Å²) in [6.07, 6.45) is 2.21. The van der Waals surface area contributed by atoms with E-state index in [1.165, 1.54) is 0 Å². The number of likely N-dealkylation sites (tertiary alicyclic amines) is 1. The third-order valence-electron chi connectivity index (χ3n) is 3.37. The van der Waals surface area contributed by atoms with Crippen molar-refractivity contribution < 1.29 is 19.2 Å². The van der Waals surface area contributed by atoms with E-state index in [-0.39, 0.29) is 31.9 Å². The van der Waals surface area contributed by atoms with Gasteiger partial charge in [-0.25, -0.2) is 10.6 Å². The lowest BCUT2D eigenvalue weighted by molar-refractivity contribution is -0.121. The number of nitrogens with one attached hydrogen (secondary N) is 1. The van der Waals surface area contributed by atoms with Gasteiger partial charge in [-0.2, -0.15) is 0 Å². The number of nitrogens with zero attached hydrogens (tertiary/aromatic N) is 2. The third kappa shape index (κ3) is 8.14. The van der Waals surface area contributed by atoms with E-state index in [1.54, 1.807) is 11.8 Å². The molecule has 1 saturated heterocycles. The van der Waals surface area contributed by atoms with Crippen molar-refractivity contribution in [3.63, 3.8) is 0 Å². The SMILES string of the molecule is C.C/C(CCC(=O)NN)=N/OCC1CCCN1C(=O)OC(C)(C)C. The molecule has 1 atom stereocenters. The third-order valence-corrected chi connectivity index (χ3v) is 3.37. The first-order valence-electron chi connectivity index (χ1n) is 7.87. The summed E-state index contributed by atoms with van der Waals surface area (Å²) in [7, 11) is 0. The maximum absolute atomic E-state index is 12.1. The number of nitrogens with two attached hydrogens (primary N) is 1. The summed E-state index contributed by atoms with van der Waals surface area (Å²) in [5, 5.41) is 3.98. The average Bonchev–Trinajstić information content (AvgIpc) is 2.91. The molecule has 140 valence electrons. The lowest BCUT2D eigenvalue weighted by atomic mass is 10.2. The van der Waals surface area contributed by atoms with E-state index in [9.17, 15) is 9.59 Å². The van der Waals surface area contributed by atoms with Gasteiger partial charge in [0, 0.05) is 13.0 Å². The highest BCUT2D eigenvalue weighted by atomic mass is 16.6. The van der Waals surface area contributed by atoms with Crippen molar-refractivity contribution >= 4 is 17.7 Å². The summed E-state index contributed by atoms with van der Waals surface area (Å²) in [5.74, 6) is 4.76. The molecule has 2 amide bonds. The minimum atomic E-state index is -0.511. The fourth-order valence-electron chi connectivity index (χ4n) is 2.22. The van der Waals surface area contributed by atoms with Crippen LogP contribution < -0.4 is 11.3 Å². The van der Waals surface area contributed by atoms with Crippen molar-refractivity contribution in [3.8, 4) is 0 Å². The number of hydrazine groups is 1. The van der Waals surface area contributed by atoms with Crippen LogP contribution in [0.5, 0.6) is 0 Å². The first kappa shape index (κ1) is 22.2. The van der Waals surface area contributed by atoms with Crippen LogP contribution in [0.1, 0.15) is 60.8 Å². The van der Waals surface area contributed by atoms with Crippen LogP contribution in [0.25, 0.3) is 0 Å². The van der Waals surface area contributed by atoms with E-state index < -0.39 is 5.60 Å². The second-order valence-corrected chi connectivity index (χ2v) is 6.66. The summed E-state index contributed by atoms with van der Waals surface area (Å²) in [6.45, 7) is 8.30. The van der Waals surface area contributed by atoms with E-state index in [0.29, 0.717) is 25.3 Å². The first-order valence-corrected chi connectivity index (χ1v) is 7.87. The molecule has 0 aromatic heterocycles. The molecule has 0 spiro atoms. The number of hydrogen-bond donors (Lipinski definition) is 2. The second kappa shape index (κ2) is 10.1. The van der Waals surface area contributed by atoms with Crippen LogP contribution in [0.3, 0.4) is 0 Å². The van der Waals surface area contributed by atoms with Crippen LogP contribution >= 0.6 is 0 Å². The van der Waals surface area contributed by atoms with Crippen molar-refractivity contribution in [1.82, 2.24) is 10.3 Å². The van der Waals surface area contributed by atoms with Crippen molar-refractivity contribution in [2.24, 2.45) is 11.0 Å². The molecule has 0 aromatic carbocycles. The van der Waals surface area contributed by atoms with Gasteiger partial charge in [-0.15, -0.1) is 0 Å². The Balaban J connectivity index is 0.00000529. The fraction of sp³-hybridized carbons (Fsp3) is 0.812. The Hall–Kier alpha value is -1.83. The lowest BCUT2D eigenvalue weighted by Crippen LogP contribution is -2.41. The molecule has 0 aliphatic carbocycles. The number of hydrogen-bond acceptors (Lipinski definition) is 6. The van der Waals surface area contributed by atoms with Gasteiger partial charge in [0.1, 0.15) is 12.2 Å². The van der Waals surface area contributed by atoms with Gasteiger partial charge in [-0.1, -0.05) is 12.6 Å². The zero-order valence-corrected chi connectivity index (χ0v) is 14.4. The van der Waals surface area contributed by atoms with E-state index in [2.05, 4.69) is 10.6 Å². The molecular weight excluding hydrogens is 312 g/mol. The zero-order chi connectivity index (χ0) is 17.5. The Morgan fingerprint density at radius 3 is 2.58 bits per heavy atom. The summed E-state index contributed by atoms with van der Waals surface area (Å²) >= 11 is 0. The Morgan fingerprint density at radius 1 is 1.33 bits per heavy atom. The molecule has 3 N–H and O–H groups in total. The lowest BCUT2D eigenvalue weighted by Gasteiger charge is -2.28. The molecule has 8 heteroatoms. The molecule has 1 rings (SSSR count). The topological polar surface area (TPSA) is 106 Å². The Kier molecular flexibility index (Phi) is 9.35. The molecule has 1 aliphatic rings. The smallest absolute Gasteiger partial charge is 0.410 e. The monoisotopic (exact) mass is 344 g/mol. The van der Waals surface area contributed by atoms with Gasteiger partial charge in [-0.3, -0.25) is 10.2 Å². The molecule has 0 bridgehead atoms. The normalized spacial score (nSPS) is 18.0. The first-order chi connectivity index (χ1) is 10.7. The highest BCUT2D eigenvalue weighted by Gasteiger charge is 2.32. The maximum atomic E-state index is 12.1. The molecule has 0 aromatic rings. The molecule has 1 unspecified atom stereocenters. The van der Waals surface area contributed by atoms with Crippen LogP contribution in [0.4, 0.5) is 4.79 Å². The minimum absolute atomic E-state index is 0. The predicted molar refractivity (Wildman–Crippen MR) is 93.3 cm³/mol. The van der Waals surface area contributed by atoms with Crippen LogP contribution in [0.15, 0.2) is 5.16 Å². The van der Waals surface area contributed by atoms with Gasteiger partial charge in [-0.05, 0) is 47.0 Å². The summed E-state index contributed by atoms with van der Waals surface area (Å²) in [5.41, 5.74) is 2.26. The highest BCUT2D eigenvalue weighted by Crippen LogP contribution is 2.21. The Morgan fingerprint density at radius 2 is 2.00 bits per heavy atom. The number of ether oxygens (including phenoxy) is 1. The van der Waals surface area contributed by atoms with E-state index in [0.717, 1.165) is 12.8 Å². The van der Waals surface area contributed by atoms with E-state index in [1.807, 2.05) is 20.8 Å². The van der Waals surface area contributed by atoms with Gasteiger partial charge in [0.2, 0.25) is 5.91 Å². The van der Waals surface area contributed by atoms with Crippen LogP contribution in [0.2, 0.25) is 0 Å². The molecule has 24 heavy (non-hydrogen) atoms. The molecule has 0 radical (unpaired) electrons. The van der Waals surface area contributed by atoms with Gasteiger partial charge < -0.3 is 14.5 Å². The number of amides is 2. The van der Waals surface area contributed by atoms with Crippen molar-refractivity contribution in [2.75, 3.05) is 13.2 Å². The summed E-state index contributed by atoms with van der Waals surface area (Å²) in [6, 6.07) is -0.0336. The second-order valence-electron chi connectivity index (χ2n) is 6.66. The molecule has 8 nitrogen and oxygen atoms in total. The van der Waals surface area contributed by atoms with Crippen LogP contribution in [-0.2, 0) is 14.4 Å². The predicted octanol–water partition coefficient (Wildman–Crippen LogP) is 2.18. The maximum Gasteiger partial charge on any atom is 0.410 e. The highest BCUT2D eigenvalue weighted by molar-refractivity contribution is 5.86. The van der Waals surface area contributed by atoms with Crippen LogP contribution in [0, 0.1) is 0 Å².